The zero-order valence-corrected chi connectivity index (χ0v) is 11.2. The largest absolute Gasteiger partial charge is 0.465 e. The van der Waals surface area contributed by atoms with Crippen LogP contribution in [0.3, 0.4) is 0 Å². The number of anilines is 2. The summed E-state index contributed by atoms with van der Waals surface area (Å²) >= 11 is 0. The molecule has 2 heterocycles. The highest BCUT2D eigenvalue weighted by atomic mass is 16.5. The maximum atomic E-state index is 11.6. The van der Waals surface area contributed by atoms with Crippen molar-refractivity contribution in [3.63, 3.8) is 0 Å². The number of furan rings is 1. The lowest BCUT2D eigenvalue weighted by molar-refractivity contribution is 0.0598. The Labute approximate surface area is 115 Å². The maximum absolute atomic E-state index is 11.6. The molecule has 0 saturated heterocycles. The molecule has 1 N–H and O–H groups in total. The Morgan fingerprint density at radius 1 is 1.40 bits per heavy atom. The second kappa shape index (κ2) is 5.40. The summed E-state index contributed by atoms with van der Waals surface area (Å²) in [7, 11) is 1.24. The summed E-state index contributed by atoms with van der Waals surface area (Å²) in [5.74, 6) is 0.239. The molecule has 0 atom stereocenters. The lowest BCUT2D eigenvalue weighted by atomic mass is 10.1. The fraction of sp³-hybridized carbons (Fsp3) is 0.231. The molecule has 0 aliphatic heterocycles. The van der Waals surface area contributed by atoms with Crippen LogP contribution in [-0.4, -0.2) is 23.3 Å². The average molecular weight is 272 g/mol. The van der Waals surface area contributed by atoms with E-state index in [4.69, 9.17) is 4.42 Å². The minimum atomic E-state index is -0.620. The van der Waals surface area contributed by atoms with Gasteiger partial charge >= 0.3 is 5.97 Å². The first kappa shape index (κ1) is 13.5. The molecule has 0 unspecified atom stereocenters. The number of esters is 1. The van der Waals surface area contributed by atoms with Gasteiger partial charge in [0.15, 0.2) is 5.82 Å². The predicted octanol–water partition coefficient (Wildman–Crippen LogP) is 2.09. The van der Waals surface area contributed by atoms with Crippen LogP contribution in [0.1, 0.15) is 27.4 Å². The lowest BCUT2D eigenvalue weighted by Gasteiger charge is -2.01. The lowest BCUT2D eigenvalue weighted by Crippen LogP contribution is -2.04. The highest BCUT2D eigenvalue weighted by Crippen LogP contribution is 2.28. The summed E-state index contributed by atoms with van der Waals surface area (Å²) in [5, 5.41) is 19.8. The minimum Gasteiger partial charge on any atom is -0.465 e. The number of carbonyl (C=O) groups is 1. The number of methoxy groups -OCH3 is 1. The molecule has 7 nitrogen and oxygen atoms in total. The molecule has 0 aromatic carbocycles. The Kier molecular flexibility index (Phi) is 3.66. The van der Waals surface area contributed by atoms with Crippen LogP contribution in [0, 0.1) is 25.2 Å². The van der Waals surface area contributed by atoms with Gasteiger partial charge in [0.25, 0.3) is 0 Å². The molecule has 2 rings (SSSR count). The van der Waals surface area contributed by atoms with Crippen molar-refractivity contribution in [2.24, 2.45) is 0 Å². The number of hydrogen-bond acceptors (Lipinski definition) is 7. The van der Waals surface area contributed by atoms with Crippen LogP contribution in [0.15, 0.2) is 16.5 Å². The van der Waals surface area contributed by atoms with Crippen molar-refractivity contribution in [3.8, 4) is 6.07 Å². The van der Waals surface area contributed by atoms with E-state index in [9.17, 15) is 10.1 Å². The number of hydrogen-bond donors (Lipinski definition) is 1. The van der Waals surface area contributed by atoms with Crippen molar-refractivity contribution in [3.05, 3.63) is 34.7 Å². The molecule has 7 heteroatoms. The summed E-state index contributed by atoms with van der Waals surface area (Å²) in [6.45, 7) is 3.39. The molecule has 0 radical (unpaired) electrons. The molecule has 0 aliphatic rings. The van der Waals surface area contributed by atoms with Crippen LogP contribution in [0.4, 0.5) is 11.7 Å². The highest BCUT2D eigenvalue weighted by Gasteiger charge is 2.24. The Bertz CT molecular complexity index is 683. The molecule has 2 aromatic heterocycles. The number of aryl methyl sites for hydroxylation is 2. The van der Waals surface area contributed by atoms with E-state index in [2.05, 4.69) is 20.3 Å². The summed E-state index contributed by atoms with van der Waals surface area (Å²) in [6, 6.07) is 5.38. The predicted molar refractivity (Wildman–Crippen MR) is 69.6 cm³/mol. The van der Waals surface area contributed by atoms with E-state index in [0.29, 0.717) is 11.6 Å². The number of nitrogens with one attached hydrogen (secondary N) is 1. The average Bonchev–Trinajstić information content (AvgIpc) is 2.76. The third-order valence-electron chi connectivity index (χ3n) is 2.63. The maximum Gasteiger partial charge on any atom is 0.342 e. The first-order valence-corrected chi connectivity index (χ1v) is 5.76. The summed E-state index contributed by atoms with van der Waals surface area (Å²) in [5.41, 5.74) is 0.955. The van der Waals surface area contributed by atoms with Crippen molar-refractivity contribution in [1.82, 2.24) is 10.2 Å². The van der Waals surface area contributed by atoms with Gasteiger partial charge in [0.2, 0.25) is 5.88 Å². The van der Waals surface area contributed by atoms with Gasteiger partial charge in [0.1, 0.15) is 23.0 Å². The third kappa shape index (κ3) is 2.44. The topological polar surface area (TPSA) is 101 Å². The quantitative estimate of drug-likeness (QED) is 0.853. The van der Waals surface area contributed by atoms with E-state index < -0.39 is 5.97 Å². The van der Waals surface area contributed by atoms with Crippen LogP contribution in [-0.2, 0) is 4.74 Å². The number of nitriles is 1. The van der Waals surface area contributed by atoms with Crippen LogP contribution >= 0.6 is 0 Å². The fourth-order valence-electron chi connectivity index (χ4n) is 1.67. The van der Waals surface area contributed by atoms with Crippen molar-refractivity contribution in [2.45, 2.75) is 13.8 Å². The molecule has 0 bridgehead atoms. The summed E-state index contributed by atoms with van der Waals surface area (Å²) in [6.07, 6.45) is 0. The number of rotatable bonds is 3. The van der Waals surface area contributed by atoms with Gasteiger partial charge in [0.05, 0.1) is 12.8 Å². The summed E-state index contributed by atoms with van der Waals surface area (Å²) < 4.78 is 10.0. The molecule has 102 valence electrons. The fourth-order valence-corrected chi connectivity index (χ4v) is 1.67. The Hall–Kier alpha value is -2.88. The highest BCUT2D eigenvalue weighted by molar-refractivity contribution is 5.95. The molecular weight excluding hydrogens is 260 g/mol. The van der Waals surface area contributed by atoms with Gasteiger partial charge < -0.3 is 14.5 Å². The van der Waals surface area contributed by atoms with Gasteiger partial charge in [-0.3, -0.25) is 0 Å². The molecule has 0 amide bonds. The van der Waals surface area contributed by atoms with E-state index in [1.807, 2.05) is 13.0 Å². The van der Waals surface area contributed by atoms with E-state index in [1.165, 1.54) is 7.11 Å². The Morgan fingerprint density at radius 3 is 2.70 bits per heavy atom. The Morgan fingerprint density at radius 2 is 2.15 bits per heavy atom. The van der Waals surface area contributed by atoms with E-state index in [1.54, 1.807) is 19.1 Å². The molecule has 0 saturated carbocycles. The normalized spacial score (nSPS) is 9.90. The second-order valence-corrected chi connectivity index (χ2v) is 4.03. The first-order chi connectivity index (χ1) is 9.56. The van der Waals surface area contributed by atoms with Crippen molar-refractivity contribution < 1.29 is 13.9 Å². The molecule has 0 aliphatic carbocycles. The molecule has 0 spiro atoms. The van der Waals surface area contributed by atoms with Gasteiger partial charge in [0, 0.05) is 0 Å². The van der Waals surface area contributed by atoms with E-state index in [0.717, 1.165) is 5.69 Å². The summed E-state index contributed by atoms with van der Waals surface area (Å²) in [4.78, 5) is 11.6. The molecular formula is C13H12N4O3. The standard InChI is InChI=1S/C13H12N4O3/c1-7-4-5-10(17-16-7)15-12-9(6-14)11(8(2)20-12)13(18)19-3/h4-5H,1-3H3,(H,15,17). The van der Waals surface area contributed by atoms with Crippen molar-refractivity contribution >= 4 is 17.7 Å². The van der Waals surface area contributed by atoms with Crippen LogP contribution in [0.5, 0.6) is 0 Å². The van der Waals surface area contributed by atoms with Crippen LogP contribution in [0.25, 0.3) is 0 Å². The monoisotopic (exact) mass is 272 g/mol. The van der Waals surface area contributed by atoms with Crippen LogP contribution in [0.2, 0.25) is 0 Å². The first-order valence-electron chi connectivity index (χ1n) is 5.76. The molecule has 0 fully saturated rings. The number of aromatic nitrogens is 2. The van der Waals surface area contributed by atoms with Gasteiger partial charge in [-0.2, -0.15) is 10.4 Å². The number of carbonyl (C=O) groups excluding carboxylic acids is 1. The molecule has 20 heavy (non-hydrogen) atoms. The number of ether oxygens (including phenoxy) is 1. The van der Waals surface area contributed by atoms with Gasteiger partial charge in [-0.15, -0.1) is 5.10 Å². The zero-order valence-electron chi connectivity index (χ0n) is 11.2. The minimum absolute atomic E-state index is 0.0803. The van der Waals surface area contributed by atoms with Crippen molar-refractivity contribution in [2.75, 3.05) is 12.4 Å². The van der Waals surface area contributed by atoms with Gasteiger partial charge in [-0.25, -0.2) is 4.79 Å². The van der Waals surface area contributed by atoms with E-state index in [-0.39, 0.29) is 17.0 Å². The van der Waals surface area contributed by atoms with Gasteiger partial charge in [-0.1, -0.05) is 0 Å². The van der Waals surface area contributed by atoms with Crippen molar-refractivity contribution in [1.29, 1.82) is 5.26 Å². The SMILES string of the molecule is COC(=O)c1c(C)oc(Nc2ccc(C)nn2)c1C#N. The smallest absolute Gasteiger partial charge is 0.342 e. The second-order valence-electron chi connectivity index (χ2n) is 4.03. The number of nitrogens with zero attached hydrogens (tertiary/aromatic N) is 3. The third-order valence-corrected chi connectivity index (χ3v) is 2.63. The van der Waals surface area contributed by atoms with E-state index >= 15 is 0 Å². The molecule has 2 aromatic rings. The Balaban J connectivity index is 2.40. The zero-order chi connectivity index (χ0) is 14.7. The van der Waals surface area contributed by atoms with Gasteiger partial charge in [-0.05, 0) is 26.0 Å². The van der Waals surface area contributed by atoms with Crippen LogP contribution < -0.4 is 5.32 Å².